The van der Waals surface area contributed by atoms with Crippen molar-refractivity contribution in [2.45, 2.75) is 19.4 Å². The van der Waals surface area contributed by atoms with Crippen LogP contribution in [0.25, 0.3) is 0 Å². The average molecular weight is 369 g/mol. The number of nitrogens with one attached hydrogen (secondary N) is 2. The smallest absolute Gasteiger partial charge is 0.233 e. The van der Waals surface area contributed by atoms with Gasteiger partial charge < -0.3 is 10.6 Å². The van der Waals surface area contributed by atoms with Gasteiger partial charge in [0.1, 0.15) is 5.82 Å². The Hall–Kier alpha value is -1.62. The van der Waals surface area contributed by atoms with Crippen molar-refractivity contribution in [2.24, 2.45) is 0 Å². The minimum atomic E-state index is -0.262. The summed E-state index contributed by atoms with van der Waals surface area (Å²) in [4.78, 5) is 11.9. The Labute approximate surface area is 151 Å². The first kappa shape index (κ1) is 18.7. The molecule has 0 aliphatic heterocycles. The largest absolute Gasteiger partial charge is 0.355 e. The Morgan fingerprint density at radius 1 is 1.17 bits per heavy atom. The van der Waals surface area contributed by atoms with E-state index in [0.717, 1.165) is 11.1 Å². The quantitative estimate of drug-likeness (QED) is 0.770. The van der Waals surface area contributed by atoms with Crippen molar-refractivity contribution in [3.05, 3.63) is 69.5 Å². The molecule has 1 atom stereocenters. The molecule has 0 radical (unpaired) electrons. The van der Waals surface area contributed by atoms with Crippen molar-refractivity contribution in [1.29, 1.82) is 0 Å². The highest BCUT2D eigenvalue weighted by Gasteiger charge is 2.11. The van der Waals surface area contributed by atoms with Crippen molar-refractivity contribution in [2.75, 3.05) is 13.1 Å². The van der Waals surface area contributed by atoms with E-state index in [1.807, 2.05) is 13.0 Å². The molecule has 2 rings (SSSR count). The van der Waals surface area contributed by atoms with Crippen LogP contribution >= 0.6 is 23.2 Å². The van der Waals surface area contributed by atoms with Gasteiger partial charge in [-0.1, -0.05) is 41.4 Å². The molecule has 24 heavy (non-hydrogen) atoms. The summed E-state index contributed by atoms with van der Waals surface area (Å²) in [6.07, 6.45) is 0.657. The molecule has 0 spiro atoms. The predicted octanol–water partition coefficient (Wildman–Crippen LogP) is 4.14. The molecule has 2 aromatic carbocycles. The van der Waals surface area contributed by atoms with Gasteiger partial charge in [0.15, 0.2) is 0 Å². The molecule has 0 saturated heterocycles. The minimum Gasteiger partial charge on any atom is -0.355 e. The molecule has 0 aromatic heterocycles. The van der Waals surface area contributed by atoms with Crippen LogP contribution in [0.5, 0.6) is 0 Å². The molecule has 0 heterocycles. The van der Waals surface area contributed by atoms with E-state index in [0.29, 0.717) is 23.0 Å². The Morgan fingerprint density at radius 2 is 1.88 bits per heavy atom. The van der Waals surface area contributed by atoms with Crippen molar-refractivity contribution in [1.82, 2.24) is 10.6 Å². The van der Waals surface area contributed by atoms with E-state index < -0.39 is 0 Å². The van der Waals surface area contributed by atoms with Crippen molar-refractivity contribution in [3.63, 3.8) is 0 Å². The maximum absolute atomic E-state index is 12.8. The summed E-state index contributed by atoms with van der Waals surface area (Å²) in [6, 6.07) is 11.5. The van der Waals surface area contributed by atoms with E-state index in [4.69, 9.17) is 23.2 Å². The number of hydrogen-bond donors (Lipinski definition) is 2. The van der Waals surface area contributed by atoms with Gasteiger partial charge in [-0.3, -0.25) is 4.79 Å². The monoisotopic (exact) mass is 368 g/mol. The van der Waals surface area contributed by atoms with Gasteiger partial charge in [0.05, 0.1) is 6.54 Å². The molecule has 0 aliphatic carbocycles. The van der Waals surface area contributed by atoms with E-state index in [9.17, 15) is 9.18 Å². The van der Waals surface area contributed by atoms with Gasteiger partial charge in [-0.15, -0.1) is 0 Å². The molecule has 128 valence electrons. The molecular weight excluding hydrogens is 350 g/mol. The lowest BCUT2D eigenvalue weighted by Gasteiger charge is -2.16. The number of benzene rings is 2. The van der Waals surface area contributed by atoms with Crippen LogP contribution < -0.4 is 10.6 Å². The molecule has 2 N–H and O–H groups in total. The van der Waals surface area contributed by atoms with Crippen LogP contribution in [0.1, 0.15) is 24.1 Å². The van der Waals surface area contributed by atoms with E-state index >= 15 is 0 Å². The average Bonchev–Trinajstić information content (AvgIpc) is 2.54. The Balaban J connectivity index is 1.73. The first-order valence-electron chi connectivity index (χ1n) is 7.65. The summed E-state index contributed by atoms with van der Waals surface area (Å²) in [5.74, 6) is -0.365. The number of hydrogen-bond acceptors (Lipinski definition) is 2. The van der Waals surface area contributed by atoms with Crippen molar-refractivity contribution in [3.8, 4) is 0 Å². The van der Waals surface area contributed by atoms with Gasteiger partial charge in [-0.25, -0.2) is 4.39 Å². The molecule has 0 unspecified atom stereocenters. The highest BCUT2D eigenvalue weighted by molar-refractivity contribution is 6.35. The number of carbonyl (C=O) groups is 1. The maximum Gasteiger partial charge on any atom is 0.233 e. The van der Waals surface area contributed by atoms with Gasteiger partial charge in [-0.2, -0.15) is 0 Å². The first-order chi connectivity index (χ1) is 11.5. The highest BCUT2D eigenvalue weighted by atomic mass is 35.5. The summed E-state index contributed by atoms with van der Waals surface area (Å²) >= 11 is 12.0. The van der Waals surface area contributed by atoms with Gasteiger partial charge >= 0.3 is 0 Å². The van der Waals surface area contributed by atoms with Crippen LogP contribution in [0.15, 0.2) is 42.5 Å². The first-order valence-corrected chi connectivity index (χ1v) is 8.41. The van der Waals surface area contributed by atoms with Crippen LogP contribution in [0.3, 0.4) is 0 Å². The lowest BCUT2D eigenvalue weighted by molar-refractivity contribution is -0.120. The van der Waals surface area contributed by atoms with E-state index in [-0.39, 0.29) is 24.3 Å². The van der Waals surface area contributed by atoms with E-state index in [1.165, 1.54) is 12.1 Å². The van der Waals surface area contributed by atoms with Crippen LogP contribution in [0.4, 0.5) is 4.39 Å². The van der Waals surface area contributed by atoms with Crippen LogP contribution in [0, 0.1) is 5.82 Å². The topological polar surface area (TPSA) is 41.1 Å². The second-order valence-corrected chi connectivity index (χ2v) is 6.34. The van der Waals surface area contributed by atoms with Gasteiger partial charge in [0.25, 0.3) is 0 Å². The highest BCUT2D eigenvalue weighted by Crippen LogP contribution is 2.25. The lowest BCUT2D eigenvalue weighted by Crippen LogP contribution is -2.36. The Bertz CT molecular complexity index is 692. The summed E-state index contributed by atoms with van der Waals surface area (Å²) in [6.45, 7) is 2.62. The van der Waals surface area contributed by atoms with Gasteiger partial charge in [-0.05, 0) is 48.7 Å². The van der Waals surface area contributed by atoms with E-state index in [2.05, 4.69) is 10.6 Å². The lowest BCUT2D eigenvalue weighted by atomic mass is 10.1. The molecule has 1 amide bonds. The maximum atomic E-state index is 12.8. The zero-order valence-corrected chi connectivity index (χ0v) is 14.8. The second-order valence-electron chi connectivity index (χ2n) is 5.49. The molecule has 0 fully saturated rings. The van der Waals surface area contributed by atoms with Crippen molar-refractivity contribution < 1.29 is 9.18 Å². The number of carbonyl (C=O) groups excluding carboxylic acids is 1. The molecule has 3 nitrogen and oxygen atoms in total. The fraction of sp³-hybridized carbons (Fsp3) is 0.278. The second kappa shape index (κ2) is 9.02. The number of rotatable bonds is 7. The Kier molecular flexibility index (Phi) is 7.03. The Morgan fingerprint density at radius 3 is 2.54 bits per heavy atom. The third-order valence-electron chi connectivity index (χ3n) is 3.65. The van der Waals surface area contributed by atoms with E-state index in [1.54, 1.807) is 24.3 Å². The van der Waals surface area contributed by atoms with Crippen molar-refractivity contribution >= 4 is 29.1 Å². The standard InChI is InChI=1S/C18H19Cl2FN2O/c1-12(16-7-4-14(19)10-17(16)20)23-11-18(24)22-9-8-13-2-5-15(21)6-3-13/h2-7,10,12,23H,8-9,11H2,1H3,(H,22,24)/t12-/m1/s1. The molecule has 0 bridgehead atoms. The third-order valence-corrected chi connectivity index (χ3v) is 4.21. The van der Waals surface area contributed by atoms with Gasteiger partial charge in [0, 0.05) is 22.6 Å². The third kappa shape index (κ3) is 5.78. The molecule has 0 aliphatic rings. The predicted molar refractivity (Wildman–Crippen MR) is 96.0 cm³/mol. The molecule has 2 aromatic rings. The fourth-order valence-electron chi connectivity index (χ4n) is 2.27. The summed E-state index contributed by atoms with van der Waals surface area (Å²) in [5.41, 5.74) is 1.87. The zero-order valence-electron chi connectivity index (χ0n) is 13.3. The summed E-state index contributed by atoms with van der Waals surface area (Å²) in [7, 11) is 0. The van der Waals surface area contributed by atoms with Crippen LogP contribution in [0.2, 0.25) is 10.0 Å². The summed E-state index contributed by atoms with van der Waals surface area (Å²) in [5, 5.41) is 7.10. The fourth-order valence-corrected chi connectivity index (χ4v) is 2.84. The molecular formula is C18H19Cl2FN2O. The molecule has 6 heteroatoms. The zero-order chi connectivity index (χ0) is 17.5. The SMILES string of the molecule is C[C@@H](NCC(=O)NCCc1ccc(F)cc1)c1ccc(Cl)cc1Cl. The summed E-state index contributed by atoms with van der Waals surface area (Å²) < 4.78 is 12.8. The minimum absolute atomic E-state index is 0.0717. The van der Waals surface area contributed by atoms with Crippen LogP contribution in [-0.2, 0) is 11.2 Å². The molecule has 0 saturated carbocycles. The van der Waals surface area contributed by atoms with Gasteiger partial charge in [0.2, 0.25) is 5.91 Å². The normalized spacial score (nSPS) is 12.0. The number of amides is 1. The van der Waals surface area contributed by atoms with Crippen LogP contribution in [-0.4, -0.2) is 19.0 Å². The number of halogens is 3.